The number of halogens is 1. The van der Waals surface area contributed by atoms with Crippen molar-refractivity contribution >= 4 is 38.0 Å². The summed E-state index contributed by atoms with van der Waals surface area (Å²) in [4.78, 5) is 4.62. The molecule has 2 heterocycles. The maximum atomic E-state index is 12.5. The van der Waals surface area contributed by atoms with Gasteiger partial charge in [-0.2, -0.15) is 0 Å². The van der Waals surface area contributed by atoms with E-state index in [0.29, 0.717) is 11.8 Å². The zero-order chi connectivity index (χ0) is 22.8. The Hall–Kier alpha value is -2.25. The Morgan fingerprint density at radius 2 is 1.85 bits per heavy atom. The normalized spacial score (nSPS) is 16.5. The van der Waals surface area contributed by atoms with E-state index in [1.807, 2.05) is 42.5 Å². The highest BCUT2D eigenvalue weighted by Gasteiger charge is 2.25. The van der Waals surface area contributed by atoms with Crippen molar-refractivity contribution in [3.63, 3.8) is 0 Å². The van der Waals surface area contributed by atoms with Gasteiger partial charge in [-0.05, 0) is 87.0 Å². The van der Waals surface area contributed by atoms with Crippen LogP contribution in [0, 0.1) is 0 Å². The van der Waals surface area contributed by atoms with E-state index in [9.17, 15) is 4.55 Å². The molecule has 170 valence electrons. The highest BCUT2D eigenvalue weighted by atomic mass is 79.9. The Kier molecular flexibility index (Phi) is 6.79. The third-order valence-electron chi connectivity index (χ3n) is 6.40. The van der Waals surface area contributed by atoms with Gasteiger partial charge in [-0.1, -0.05) is 36.4 Å². The van der Waals surface area contributed by atoms with Crippen molar-refractivity contribution in [2.45, 2.75) is 36.7 Å². The molecular weight excluding hydrogens is 496 g/mol. The molecule has 0 bridgehead atoms. The van der Waals surface area contributed by atoms with Gasteiger partial charge in [-0.15, -0.1) is 0 Å². The van der Waals surface area contributed by atoms with Crippen LogP contribution in [-0.4, -0.2) is 28.4 Å². The first kappa shape index (κ1) is 22.5. The smallest absolute Gasteiger partial charge is 0.152 e. The van der Waals surface area contributed by atoms with Crippen LogP contribution in [-0.2, 0) is 24.1 Å². The molecule has 0 saturated heterocycles. The Bertz CT molecular complexity index is 1240. The average molecular weight is 523 g/mol. The molecule has 1 aliphatic rings. The van der Waals surface area contributed by atoms with Gasteiger partial charge in [0.1, 0.15) is 11.5 Å². The lowest BCUT2D eigenvalue weighted by atomic mass is 9.94. The van der Waals surface area contributed by atoms with Crippen molar-refractivity contribution in [2.24, 2.45) is 0 Å². The predicted octanol–water partition coefficient (Wildman–Crippen LogP) is 6.21. The van der Waals surface area contributed by atoms with Crippen LogP contribution < -0.4 is 10.1 Å². The second kappa shape index (κ2) is 9.94. The molecule has 1 aliphatic heterocycles. The highest BCUT2D eigenvalue weighted by molar-refractivity contribution is 9.10. The standard InChI is InChI=1S/C27H27BrN2O2S/c1-32-20-11-9-18(10-12-20)22-13-14-24(28)27-26(22)23-17-29-19(16-25(23)30-27)6-5-15-33(31)21-7-3-2-4-8-21/h2-4,7-14,19,29-30H,5-6,15-17H2,1H3. The summed E-state index contributed by atoms with van der Waals surface area (Å²) in [5.41, 5.74) is 6.22. The van der Waals surface area contributed by atoms with Gasteiger partial charge in [0.25, 0.3) is 0 Å². The third-order valence-corrected chi connectivity index (χ3v) is 8.52. The summed E-state index contributed by atoms with van der Waals surface area (Å²) < 4.78 is 18.9. The van der Waals surface area contributed by atoms with Crippen LogP contribution in [0.3, 0.4) is 0 Å². The van der Waals surface area contributed by atoms with Gasteiger partial charge in [-0.3, -0.25) is 0 Å². The fourth-order valence-electron chi connectivity index (χ4n) is 4.69. The van der Waals surface area contributed by atoms with Crippen molar-refractivity contribution in [1.82, 2.24) is 10.3 Å². The fraction of sp³-hybridized carbons (Fsp3) is 0.259. The van der Waals surface area contributed by atoms with Crippen LogP contribution in [0.4, 0.5) is 0 Å². The maximum absolute atomic E-state index is 12.5. The number of fused-ring (bicyclic) bond motifs is 3. The Morgan fingerprint density at radius 3 is 2.61 bits per heavy atom. The molecule has 0 spiro atoms. The average Bonchev–Trinajstić information content (AvgIpc) is 3.25. The van der Waals surface area contributed by atoms with Gasteiger partial charge in [0.2, 0.25) is 0 Å². The monoisotopic (exact) mass is 522 g/mol. The largest absolute Gasteiger partial charge is 0.611 e. The van der Waals surface area contributed by atoms with E-state index in [0.717, 1.165) is 46.4 Å². The molecule has 0 saturated carbocycles. The van der Waals surface area contributed by atoms with Crippen LogP contribution in [0.2, 0.25) is 0 Å². The number of aromatic nitrogens is 1. The first-order valence-electron chi connectivity index (χ1n) is 11.3. The molecule has 0 amide bonds. The topological polar surface area (TPSA) is 60.1 Å². The van der Waals surface area contributed by atoms with Crippen molar-refractivity contribution in [2.75, 3.05) is 12.9 Å². The Morgan fingerprint density at radius 1 is 1.06 bits per heavy atom. The molecule has 4 nitrogen and oxygen atoms in total. The molecule has 0 radical (unpaired) electrons. The van der Waals surface area contributed by atoms with E-state index in [4.69, 9.17) is 4.74 Å². The molecule has 5 rings (SSSR count). The molecule has 4 aromatic rings. The summed E-state index contributed by atoms with van der Waals surface area (Å²) >= 11 is 2.82. The minimum Gasteiger partial charge on any atom is -0.611 e. The number of nitrogens with one attached hydrogen (secondary N) is 2. The van der Waals surface area contributed by atoms with E-state index in [1.165, 1.54) is 27.8 Å². The number of H-pyrrole nitrogens is 1. The number of rotatable bonds is 7. The van der Waals surface area contributed by atoms with E-state index < -0.39 is 11.2 Å². The summed E-state index contributed by atoms with van der Waals surface area (Å²) in [6.45, 7) is 0.835. The molecule has 1 aromatic heterocycles. The highest BCUT2D eigenvalue weighted by Crippen LogP contribution is 2.39. The van der Waals surface area contributed by atoms with Gasteiger partial charge in [0.05, 0.1) is 12.6 Å². The molecular formula is C27H27BrN2O2S. The summed E-state index contributed by atoms with van der Waals surface area (Å²) in [5.74, 6) is 1.57. The summed E-state index contributed by atoms with van der Waals surface area (Å²) in [6, 6.07) is 22.7. The Balaban J connectivity index is 1.33. The van der Waals surface area contributed by atoms with Crippen LogP contribution in [0.1, 0.15) is 24.1 Å². The van der Waals surface area contributed by atoms with Crippen LogP contribution in [0.15, 0.2) is 76.1 Å². The number of aromatic amines is 1. The lowest BCUT2D eigenvalue weighted by Gasteiger charge is -2.24. The van der Waals surface area contributed by atoms with E-state index in [1.54, 1.807) is 7.11 Å². The zero-order valence-corrected chi connectivity index (χ0v) is 21.0. The molecule has 3 aromatic carbocycles. The van der Waals surface area contributed by atoms with Crippen LogP contribution in [0.25, 0.3) is 22.0 Å². The van der Waals surface area contributed by atoms with Crippen LogP contribution >= 0.6 is 15.9 Å². The lowest BCUT2D eigenvalue weighted by Crippen LogP contribution is -2.35. The molecule has 0 fully saturated rings. The predicted molar refractivity (Wildman–Crippen MR) is 139 cm³/mol. The van der Waals surface area contributed by atoms with Crippen molar-refractivity contribution < 1.29 is 9.29 Å². The second-order valence-electron chi connectivity index (χ2n) is 8.44. The molecule has 2 N–H and O–H groups in total. The van der Waals surface area contributed by atoms with E-state index in [2.05, 4.69) is 50.5 Å². The molecule has 2 atom stereocenters. The van der Waals surface area contributed by atoms with Gasteiger partial charge in [0, 0.05) is 34.6 Å². The van der Waals surface area contributed by atoms with Crippen molar-refractivity contribution in [3.8, 4) is 16.9 Å². The number of ether oxygens (including phenoxy) is 1. The minimum absolute atomic E-state index is 0.390. The SMILES string of the molecule is COc1ccc(-c2ccc(Br)c3[nH]c4c(c23)CNC(CCC[S+]([O-])c2ccccc2)C4)cc1. The lowest BCUT2D eigenvalue weighted by molar-refractivity contribution is 0.415. The number of hydrogen-bond donors (Lipinski definition) is 2. The summed E-state index contributed by atoms with van der Waals surface area (Å²) in [7, 11) is 1.69. The van der Waals surface area contributed by atoms with Crippen LogP contribution in [0.5, 0.6) is 5.75 Å². The number of methoxy groups -OCH3 is 1. The number of benzene rings is 3. The van der Waals surface area contributed by atoms with Crippen molar-refractivity contribution in [3.05, 3.63) is 82.5 Å². The summed E-state index contributed by atoms with van der Waals surface area (Å²) in [6.07, 6.45) is 2.91. The first-order valence-corrected chi connectivity index (χ1v) is 13.4. The minimum atomic E-state index is -0.926. The quantitative estimate of drug-likeness (QED) is 0.283. The van der Waals surface area contributed by atoms with Gasteiger partial charge in [-0.25, -0.2) is 0 Å². The molecule has 33 heavy (non-hydrogen) atoms. The zero-order valence-electron chi connectivity index (χ0n) is 18.6. The van der Waals surface area contributed by atoms with E-state index >= 15 is 0 Å². The Labute approximate surface area is 206 Å². The van der Waals surface area contributed by atoms with Crippen molar-refractivity contribution in [1.29, 1.82) is 0 Å². The van der Waals surface area contributed by atoms with E-state index in [-0.39, 0.29) is 0 Å². The van der Waals surface area contributed by atoms with Gasteiger partial charge in [0.15, 0.2) is 4.90 Å². The number of hydrogen-bond acceptors (Lipinski definition) is 3. The molecule has 6 heteroatoms. The fourth-order valence-corrected chi connectivity index (χ4v) is 6.25. The van der Waals surface area contributed by atoms with Gasteiger partial charge < -0.3 is 19.6 Å². The maximum Gasteiger partial charge on any atom is 0.152 e. The molecule has 2 unspecified atom stereocenters. The van der Waals surface area contributed by atoms with Gasteiger partial charge >= 0.3 is 0 Å². The first-order chi connectivity index (χ1) is 16.1. The third kappa shape index (κ3) is 4.71. The second-order valence-corrected chi connectivity index (χ2v) is 10.9. The summed E-state index contributed by atoms with van der Waals surface area (Å²) in [5, 5.41) is 5.01. The molecule has 0 aliphatic carbocycles.